The van der Waals surface area contributed by atoms with Crippen LogP contribution in [0.5, 0.6) is 0 Å². The Labute approximate surface area is 639 Å². The molecule has 5 atom stereocenters. The maximum atomic E-state index is 13.1. The van der Waals surface area contributed by atoms with Gasteiger partial charge in [0.25, 0.3) is 0 Å². The van der Waals surface area contributed by atoms with Crippen LogP contribution in [0.3, 0.4) is 0 Å². The molecule has 596 valence electrons. The van der Waals surface area contributed by atoms with Crippen molar-refractivity contribution in [1.29, 1.82) is 0 Å². The second kappa shape index (κ2) is 76.8. The lowest BCUT2D eigenvalue weighted by molar-refractivity contribution is -0.161. The fourth-order valence-corrected chi connectivity index (χ4v) is 11.0. The van der Waals surface area contributed by atoms with Crippen LogP contribution in [0.25, 0.3) is 0 Å². The molecule has 0 rings (SSSR count). The van der Waals surface area contributed by atoms with Crippen molar-refractivity contribution in [1.82, 2.24) is 0 Å². The summed E-state index contributed by atoms with van der Waals surface area (Å²) < 4.78 is 68.4. The number of aliphatic hydroxyl groups is 1. The van der Waals surface area contributed by atoms with Crippen molar-refractivity contribution in [2.75, 3.05) is 39.6 Å². The van der Waals surface area contributed by atoms with Gasteiger partial charge in [-0.15, -0.1) is 0 Å². The Morgan fingerprint density at radius 2 is 0.500 bits per heavy atom. The first-order chi connectivity index (χ1) is 51.7. The van der Waals surface area contributed by atoms with Crippen molar-refractivity contribution in [3.63, 3.8) is 0 Å². The van der Waals surface area contributed by atoms with Gasteiger partial charge in [-0.2, -0.15) is 0 Å². The summed E-state index contributed by atoms with van der Waals surface area (Å²) in [6.07, 6.45) is 95.6. The second-order valence-electron chi connectivity index (χ2n) is 25.1. The average molecular weight is 1520 g/mol. The van der Waals surface area contributed by atoms with E-state index in [1.54, 1.807) is 6.08 Å². The Kier molecular flexibility index (Phi) is 72.2. The van der Waals surface area contributed by atoms with Gasteiger partial charge in [-0.25, -0.2) is 9.13 Å². The third-order valence-corrected chi connectivity index (χ3v) is 17.2. The third-order valence-electron chi connectivity index (χ3n) is 15.3. The Balaban J connectivity index is 5.53. The quantitative estimate of drug-likeness (QED) is 0.0169. The molecule has 3 N–H and O–H groups in total. The highest BCUT2D eigenvalue weighted by atomic mass is 31.2. The summed E-state index contributed by atoms with van der Waals surface area (Å²) in [4.78, 5) is 73.0. The molecule has 0 aliphatic rings. The molecule has 106 heavy (non-hydrogen) atoms. The molecule has 0 radical (unpaired) electrons. The molecule has 0 spiro atoms. The predicted octanol–water partition coefficient (Wildman–Crippen LogP) is 23.1. The molecular weight excluding hydrogens is 1380 g/mol. The van der Waals surface area contributed by atoms with Gasteiger partial charge in [0.1, 0.15) is 19.3 Å². The van der Waals surface area contributed by atoms with E-state index in [4.69, 9.17) is 37.0 Å². The minimum Gasteiger partial charge on any atom is -0.462 e. The summed E-state index contributed by atoms with van der Waals surface area (Å²) in [5.74, 6) is -2.44. The number of carbonyl (C=O) groups excluding carboxylic acids is 4. The molecular formula is C87H136O17P2. The first-order valence-electron chi connectivity index (χ1n) is 39.3. The molecule has 19 heteroatoms. The van der Waals surface area contributed by atoms with E-state index in [1.807, 2.05) is 24.3 Å². The molecule has 0 aliphatic heterocycles. The van der Waals surface area contributed by atoms with Crippen molar-refractivity contribution in [2.45, 2.75) is 277 Å². The summed E-state index contributed by atoms with van der Waals surface area (Å²) in [5, 5.41) is 10.6. The highest BCUT2D eigenvalue weighted by Crippen LogP contribution is 2.45. The zero-order valence-corrected chi connectivity index (χ0v) is 66.8. The molecule has 5 unspecified atom stereocenters. The number of esters is 4. The van der Waals surface area contributed by atoms with Gasteiger partial charge in [0.2, 0.25) is 0 Å². The van der Waals surface area contributed by atoms with Gasteiger partial charge in [0, 0.05) is 19.3 Å². The summed E-state index contributed by atoms with van der Waals surface area (Å²) in [5.41, 5.74) is 0. The topological polar surface area (TPSA) is 237 Å². The highest BCUT2D eigenvalue weighted by molar-refractivity contribution is 7.47. The normalized spacial score (nSPS) is 15.0. The number of allylic oxidation sites excluding steroid dienone is 33. The molecule has 0 bridgehead atoms. The van der Waals surface area contributed by atoms with Crippen LogP contribution in [0.4, 0.5) is 0 Å². The van der Waals surface area contributed by atoms with E-state index >= 15 is 0 Å². The molecule has 17 nitrogen and oxygen atoms in total. The number of hydrogen-bond acceptors (Lipinski definition) is 15. The molecule has 0 aromatic heterocycles. The number of rotatable bonds is 71. The fraction of sp³-hybridized carbons (Fsp3) is 0.563. The van der Waals surface area contributed by atoms with Crippen LogP contribution in [0, 0.1) is 0 Å². The van der Waals surface area contributed by atoms with E-state index in [2.05, 4.69) is 204 Å². The van der Waals surface area contributed by atoms with Crippen LogP contribution in [-0.4, -0.2) is 96.7 Å². The zero-order chi connectivity index (χ0) is 77.4. The monoisotopic (exact) mass is 1510 g/mol. The van der Waals surface area contributed by atoms with Crippen LogP contribution in [0.15, 0.2) is 207 Å². The second-order valence-corrected chi connectivity index (χ2v) is 28.0. The minimum atomic E-state index is -5.02. The molecule has 0 fully saturated rings. The highest BCUT2D eigenvalue weighted by Gasteiger charge is 2.30. The van der Waals surface area contributed by atoms with Crippen LogP contribution >= 0.6 is 15.6 Å². The van der Waals surface area contributed by atoms with Gasteiger partial charge in [0.15, 0.2) is 12.2 Å². The van der Waals surface area contributed by atoms with Crippen molar-refractivity contribution in [3.8, 4) is 0 Å². The van der Waals surface area contributed by atoms with Crippen LogP contribution in [0.1, 0.15) is 259 Å². The molecule has 0 heterocycles. The van der Waals surface area contributed by atoms with Crippen LogP contribution in [-0.2, 0) is 65.4 Å². The number of carbonyl (C=O) groups is 4. The molecule has 0 amide bonds. The number of aliphatic hydroxyl groups excluding tert-OH is 1. The summed E-state index contributed by atoms with van der Waals surface area (Å²) in [6, 6.07) is 0. The van der Waals surface area contributed by atoms with Gasteiger partial charge in [-0.3, -0.25) is 37.3 Å². The summed E-state index contributed by atoms with van der Waals surface area (Å²) >= 11 is 0. The minimum absolute atomic E-state index is 0.0139. The van der Waals surface area contributed by atoms with Crippen molar-refractivity contribution in [2.24, 2.45) is 0 Å². The molecule has 0 saturated heterocycles. The lowest BCUT2D eigenvalue weighted by Gasteiger charge is -2.21. The third kappa shape index (κ3) is 75.9. The largest absolute Gasteiger partial charge is 0.472 e. The first kappa shape index (κ1) is 99.6. The maximum Gasteiger partial charge on any atom is 0.472 e. The molecule has 0 aromatic carbocycles. The Morgan fingerprint density at radius 1 is 0.274 bits per heavy atom. The maximum absolute atomic E-state index is 13.1. The Bertz CT molecular complexity index is 2830. The van der Waals surface area contributed by atoms with Crippen molar-refractivity contribution >= 4 is 39.5 Å². The standard InChI is InChI=1S/C87H136O17P2/c1-5-9-13-17-21-25-29-33-37-39-40-42-45-48-52-56-60-64-68-72-85(90)98-78-83(104-87(92)74-70-66-62-58-54-50-46-41-38-34-30-26-22-18-14-10-6-2)80-102-106(95,96)100-76-81(88)75-99-105(93,94)101-79-82(103-86(91)73-69-65-61-57-53-49-44-36-32-28-24-20-16-12-8-4)77-97-84(89)71-67-63-59-55-51-47-43-35-31-27-23-19-15-11-7-3/h9-16,21-28,33-38,40,42-44,48,51-53,55,57,63,67,81-83,88H,5-8,17-20,29-32,39,41,45-47,49-50,54,56,58-62,64-66,68-80H2,1-4H3,(H,93,94)(H,95,96)/b13-9-,14-10-,15-11-,16-12-,25-21-,26-22-,27-23-,28-24-,37-33-,38-34-,42-40-,43-35-,44-36-,52-48-,55-51-,57-53-,67-63-. The van der Waals surface area contributed by atoms with E-state index in [1.165, 1.54) is 0 Å². The Hall–Kier alpha value is -6.36. The Morgan fingerprint density at radius 3 is 0.821 bits per heavy atom. The van der Waals surface area contributed by atoms with Gasteiger partial charge in [-0.1, -0.05) is 273 Å². The van der Waals surface area contributed by atoms with Crippen LogP contribution in [0.2, 0.25) is 0 Å². The summed E-state index contributed by atoms with van der Waals surface area (Å²) in [7, 11) is -10.0. The molecule has 0 aromatic rings. The van der Waals surface area contributed by atoms with Crippen molar-refractivity contribution < 1.29 is 80.2 Å². The smallest absolute Gasteiger partial charge is 0.462 e. The van der Waals surface area contributed by atoms with Gasteiger partial charge < -0.3 is 33.8 Å². The number of hydrogen-bond donors (Lipinski definition) is 3. The van der Waals surface area contributed by atoms with Gasteiger partial charge in [-0.05, 0) is 167 Å². The zero-order valence-electron chi connectivity index (χ0n) is 65.0. The van der Waals surface area contributed by atoms with Gasteiger partial charge >= 0.3 is 39.5 Å². The van der Waals surface area contributed by atoms with E-state index in [9.17, 15) is 43.2 Å². The number of unbranched alkanes of at least 4 members (excludes halogenated alkanes) is 12. The SMILES string of the molecule is CC/C=C\C/C=C\C/C=C\C/C=C\C/C=C\CCCCCC(=O)OCC(COP(=O)(O)OCC(O)COP(=O)(O)OCC(COC(=O)C/C=C\C/C=C\C/C=C\C/C=C\C/C=C\CC)OC(=O)CCCC/C=C\C/C=C\C/C=C\C/C=C\CC)OC(=O)CCCCCCCCC/C=C\C/C=C\C/C=C\CC. The molecule has 0 aliphatic carbocycles. The first-order valence-corrected chi connectivity index (χ1v) is 42.3. The lowest BCUT2D eigenvalue weighted by atomic mass is 10.1. The van der Waals surface area contributed by atoms with E-state index in [0.717, 1.165) is 173 Å². The molecule has 0 saturated carbocycles. The van der Waals surface area contributed by atoms with E-state index in [-0.39, 0.29) is 25.7 Å². The lowest BCUT2D eigenvalue weighted by Crippen LogP contribution is -2.30. The van der Waals surface area contributed by atoms with Crippen molar-refractivity contribution in [3.05, 3.63) is 207 Å². The van der Waals surface area contributed by atoms with Crippen LogP contribution < -0.4 is 0 Å². The fourth-order valence-electron chi connectivity index (χ4n) is 9.44. The average Bonchev–Trinajstić information content (AvgIpc) is 0.902. The number of ether oxygens (including phenoxy) is 4. The van der Waals surface area contributed by atoms with Gasteiger partial charge in [0.05, 0.1) is 32.8 Å². The predicted molar refractivity (Wildman–Crippen MR) is 435 cm³/mol. The van der Waals surface area contributed by atoms with E-state index < -0.39 is 97.5 Å². The van der Waals surface area contributed by atoms with E-state index in [0.29, 0.717) is 32.1 Å². The number of phosphoric acid groups is 2. The number of phosphoric ester groups is 2. The summed E-state index contributed by atoms with van der Waals surface area (Å²) in [6.45, 7) is 4.17.